The number of alkyl halides is 1. The third-order valence-electron chi connectivity index (χ3n) is 6.75. The molecule has 5 rings (SSSR count). The predicted octanol–water partition coefficient (Wildman–Crippen LogP) is 4.75. The van der Waals surface area contributed by atoms with Gasteiger partial charge in [0.15, 0.2) is 6.10 Å². The molecule has 196 valence electrons. The van der Waals surface area contributed by atoms with Gasteiger partial charge in [0.2, 0.25) is 5.91 Å². The fourth-order valence-corrected chi connectivity index (χ4v) is 6.53. The number of carbonyl (C=O) groups is 3. The molecular weight excluding hydrogens is 524 g/mol. The predicted molar refractivity (Wildman–Crippen MR) is 145 cm³/mol. The zero-order valence-corrected chi connectivity index (χ0v) is 22.1. The Morgan fingerprint density at radius 1 is 0.974 bits per heavy atom. The molecule has 2 saturated heterocycles. The monoisotopic (exact) mass is 550 g/mol. The molecule has 0 bridgehead atoms. The molecule has 1 N–H and O–H groups in total. The second-order valence-electron chi connectivity index (χ2n) is 9.37. The summed E-state index contributed by atoms with van der Waals surface area (Å²) in [5.74, 6) is -0.369. The quantitative estimate of drug-likeness (QED) is 0.247. The third-order valence-corrected chi connectivity index (χ3v) is 8.85. The van der Waals surface area contributed by atoms with Gasteiger partial charge < -0.3 is 19.7 Å². The number of thioether (sulfide) groups is 1. The number of carbonyl (C=O) groups excluding carboxylic acids is 3. The number of hydrogen-bond donors (Lipinski definition) is 1. The maximum absolute atomic E-state index is 13.6. The summed E-state index contributed by atoms with van der Waals surface area (Å²) in [6.45, 7) is 0.236. The number of amides is 2. The molecule has 2 aliphatic rings. The van der Waals surface area contributed by atoms with Crippen molar-refractivity contribution in [1.82, 2.24) is 10.2 Å². The van der Waals surface area contributed by atoms with Gasteiger partial charge in [-0.25, -0.2) is 4.79 Å². The van der Waals surface area contributed by atoms with Crippen LogP contribution in [0.5, 0.6) is 0 Å². The van der Waals surface area contributed by atoms with E-state index >= 15 is 0 Å². The molecular formula is C29H27ClN2O5S. The molecule has 0 saturated carbocycles. The smallest absolute Gasteiger partial charge is 0.408 e. The SMILES string of the molecule is O=C(NC1C(=O)N2CC(CCl)(C(=O)OC(c3ccccc3)c3ccccc3)CS[C@H]12)OCc1ccccc1. The van der Waals surface area contributed by atoms with Crippen molar-refractivity contribution in [1.29, 1.82) is 0 Å². The molecule has 7 nitrogen and oxygen atoms in total. The van der Waals surface area contributed by atoms with Gasteiger partial charge in [0, 0.05) is 18.2 Å². The summed E-state index contributed by atoms with van der Waals surface area (Å²) in [5, 5.41) is 2.37. The summed E-state index contributed by atoms with van der Waals surface area (Å²) in [6, 6.07) is 27.6. The minimum atomic E-state index is -1.07. The number of esters is 1. The average molecular weight is 551 g/mol. The Bertz CT molecular complexity index is 1240. The van der Waals surface area contributed by atoms with Crippen molar-refractivity contribution in [3.63, 3.8) is 0 Å². The number of nitrogens with zero attached hydrogens (tertiary/aromatic N) is 1. The van der Waals surface area contributed by atoms with E-state index in [1.54, 1.807) is 4.90 Å². The van der Waals surface area contributed by atoms with Crippen LogP contribution in [0.1, 0.15) is 22.8 Å². The molecule has 2 fully saturated rings. The van der Waals surface area contributed by atoms with E-state index in [0.717, 1.165) is 16.7 Å². The first-order valence-electron chi connectivity index (χ1n) is 12.3. The van der Waals surface area contributed by atoms with Gasteiger partial charge in [-0.05, 0) is 16.7 Å². The van der Waals surface area contributed by atoms with Gasteiger partial charge in [-0.15, -0.1) is 23.4 Å². The zero-order valence-electron chi connectivity index (χ0n) is 20.5. The fraction of sp³-hybridized carbons (Fsp3) is 0.276. The highest BCUT2D eigenvalue weighted by Crippen LogP contribution is 2.44. The number of ether oxygens (including phenoxy) is 2. The number of nitrogens with one attached hydrogen (secondary N) is 1. The molecule has 2 heterocycles. The topological polar surface area (TPSA) is 84.9 Å². The Labute approximate surface area is 230 Å². The summed E-state index contributed by atoms with van der Waals surface area (Å²) in [4.78, 5) is 40.5. The summed E-state index contributed by atoms with van der Waals surface area (Å²) in [6.07, 6.45) is -1.26. The summed E-state index contributed by atoms with van der Waals surface area (Å²) in [7, 11) is 0. The van der Waals surface area contributed by atoms with Crippen LogP contribution in [0, 0.1) is 5.41 Å². The van der Waals surface area contributed by atoms with Crippen LogP contribution in [0.15, 0.2) is 91.0 Å². The van der Waals surface area contributed by atoms with E-state index < -0.39 is 29.6 Å². The van der Waals surface area contributed by atoms with Crippen LogP contribution in [-0.4, -0.2) is 52.5 Å². The molecule has 9 heteroatoms. The van der Waals surface area contributed by atoms with Crippen molar-refractivity contribution in [2.24, 2.45) is 5.41 Å². The Morgan fingerprint density at radius 2 is 1.55 bits per heavy atom. The van der Waals surface area contributed by atoms with Crippen molar-refractivity contribution < 1.29 is 23.9 Å². The number of β-lactam (4-membered cyclic amide) rings is 1. The van der Waals surface area contributed by atoms with Gasteiger partial charge in [-0.1, -0.05) is 91.0 Å². The van der Waals surface area contributed by atoms with E-state index in [-0.39, 0.29) is 30.3 Å². The number of benzene rings is 3. The largest absolute Gasteiger partial charge is 0.452 e. The molecule has 2 amide bonds. The highest BCUT2D eigenvalue weighted by molar-refractivity contribution is 8.00. The summed E-state index contributed by atoms with van der Waals surface area (Å²) in [5.41, 5.74) is 1.47. The highest BCUT2D eigenvalue weighted by atomic mass is 35.5. The Kier molecular flexibility index (Phi) is 7.90. The highest BCUT2D eigenvalue weighted by Gasteiger charge is 2.58. The van der Waals surface area contributed by atoms with Crippen LogP contribution < -0.4 is 5.32 Å². The number of alkyl carbamates (subject to hydrolysis) is 1. The van der Waals surface area contributed by atoms with Crippen LogP contribution in [-0.2, 0) is 25.7 Å². The first kappa shape index (κ1) is 26.1. The molecule has 0 radical (unpaired) electrons. The van der Waals surface area contributed by atoms with Crippen molar-refractivity contribution in [3.8, 4) is 0 Å². The van der Waals surface area contributed by atoms with E-state index in [4.69, 9.17) is 21.1 Å². The molecule has 0 aromatic heterocycles. The van der Waals surface area contributed by atoms with Crippen LogP contribution >= 0.6 is 23.4 Å². The lowest BCUT2D eigenvalue weighted by atomic mass is 9.89. The van der Waals surface area contributed by atoms with E-state index in [1.165, 1.54) is 11.8 Å². The van der Waals surface area contributed by atoms with Crippen LogP contribution in [0.25, 0.3) is 0 Å². The van der Waals surface area contributed by atoms with Crippen molar-refractivity contribution in [2.75, 3.05) is 18.2 Å². The summed E-state index contributed by atoms with van der Waals surface area (Å²) >= 11 is 7.78. The lowest BCUT2D eigenvalue weighted by Gasteiger charge is -2.53. The molecule has 2 aliphatic heterocycles. The second-order valence-corrected chi connectivity index (χ2v) is 10.7. The van der Waals surface area contributed by atoms with Gasteiger partial charge in [-0.3, -0.25) is 9.59 Å². The molecule has 0 spiro atoms. The molecule has 2 unspecified atom stereocenters. The third kappa shape index (κ3) is 5.37. The first-order valence-corrected chi connectivity index (χ1v) is 13.9. The van der Waals surface area contributed by atoms with Gasteiger partial charge >= 0.3 is 12.1 Å². The van der Waals surface area contributed by atoms with Crippen LogP contribution in [0.4, 0.5) is 4.79 Å². The molecule has 0 aliphatic carbocycles. The lowest BCUT2D eigenvalue weighted by molar-refractivity contribution is -0.163. The minimum absolute atomic E-state index is 0.00282. The molecule has 3 aromatic carbocycles. The zero-order chi connectivity index (χ0) is 26.5. The van der Waals surface area contributed by atoms with Crippen molar-refractivity contribution in [3.05, 3.63) is 108 Å². The van der Waals surface area contributed by atoms with Crippen LogP contribution in [0.2, 0.25) is 0 Å². The van der Waals surface area contributed by atoms with Gasteiger partial charge in [0.05, 0.1) is 0 Å². The maximum Gasteiger partial charge on any atom is 0.408 e. The normalized spacial score (nSPS) is 22.3. The van der Waals surface area contributed by atoms with E-state index in [9.17, 15) is 14.4 Å². The van der Waals surface area contributed by atoms with Gasteiger partial charge in [0.1, 0.15) is 23.4 Å². The van der Waals surface area contributed by atoms with Crippen LogP contribution in [0.3, 0.4) is 0 Å². The van der Waals surface area contributed by atoms with Crippen molar-refractivity contribution >= 4 is 41.3 Å². The number of hydrogen-bond acceptors (Lipinski definition) is 6. The minimum Gasteiger partial charge on any atom is -0.452 e. The van der Waals surface area contributed by atoms with Gasteiger partial charge in [0.25, 0.3) is 0 Å². The van der Waals surface area contributed by atoms with E-state index in [2.05, 4.69) is 5.32 Å². The Morgan fingerprint density at radius 3 is 2.13 bits per heavy atom. The summed E-state index contributed by atoms with van der Waals surface area (Å²) < 4.78 is 11.4. The number of fused-ring (bicyclic) bond motifs is 1. The standard InChI is InChI=1S/C29H27ClN2O5S/c30-17-29(27(34)37-24(21-12-6-2-7-13-21)22-14-8-3-9-15-22)18-32-25(33)23(26(32)38-19-29)31-28(35)36-16-20-10-4-1-5-11-20/h1-15,23-24,26H,16-19H2,(H,31,35)/t23?,26-,29?/m1/s1. The Hall–Kier alpha value is -3.49. The molecule has 3 aromatic rings. The van der Waals surface area contributed by atoms with E-state index in [1.807, 2.05) is 91.0 Å². The fourth-order valence-electron chi connectivity index (χ4n) is 4.59. The number of halogens is 1. The molecule has 3 atom stereocenters. The number of rotatable bonds is 8. The molecule has 38 heavy (non-hydrogen) atoms. The Balaban J connectivity index is 1.23. The lowest BCUT2D eigenvalue weighted by Crippen LogP contribution is -2.74. The average Bonchev–Trinajstić information content (AvgIpc) is 2.98. The van der Waals surface area contributed by atoms with Crippen molar-refractivity contribution in [2.45, 2.75) is 24.1 Å². The maximum atomic E-state index is 13.6. The van der Waals surface area contributed by atoms with Gasteiger partial charge in [-0.2, -0.15) is 0 Å². The van der Waals surface area contributed by atoms with E-state index in [0.29, 0.717) is 5.75 Å². The first-order chi connectivity index (χ1) is 18.5. The second kappa shape index (κ2) is 11.5.